The van der Waals surface area contributed by atoms with E-state index in [1.54, 1.807) is 49.6 Å². The molecule has 6 heteroatoms. The standard InChI is InChI=1S/C17H15N3O3/c1-23-12-7-8-14-13(9-12)16(19-10-18-14)20-15(17(21)22)11-5-3-2-4-6-11/h2-10,15H,1H3,(H,21,22)(H,18,19,20). The summed E-state index contributed by atoms with van der Waals surface area (Å²) in [6, 6.07) is 13.4. The van der Waals surface area contributed by atoms with E-state index in [-0.39, 0.29) is 0 Å². The summed E-state index contributed by atoms with van der Waals surface area (Å²) < 4.78 is 5.21. The molecule has 0 amide bonds. The van der Waals surface area contributed by atoms with Gasteiger partial charge in [-0.15, -0.1) is 0 Å². The van der Waals surface area contributed by atoms with Gasteiger partial charge in [0.1, 0.15) is 17.9 Å². The third-order valence-corrected chi connectivity index (χ3v) is 3.50. The van der Waals surface area contributed by atoms with Gasteiger partial charge in [-0.1, -0.05) is 30.3 Å². The van der Waals surface area contributed by atoms with Crippen molar-refractivity contribution in [3.05, 3.63) is 60.4 Å². The number of fused-ring (bicyclic) bond motifs is 1. The van der Waals surface area contributed by atoms with E-state index in [0.717, 1.165) is 0 Å². The lowest BCUT2D eigenvalue weighted by molar-refractivity contribution is -0.138. The zero-order chi connectivity index (χ0) is 16.2. The molecule has 0 bridgehead atoms. The molecule has 1 aromatic heterocycles. The lowest BCUT2D eigenvalue weighted by Crippen LogP contribution is -2.21. The number of methoxy groups -OCH3 is 1. The summed E-state index contributed by atoms with van der Waals surface area (Å²) >= 11 is 0. The Bertz CT molecular complexity index is 837. The second kappa shape index (κ2) is 6.31. The lowest BCUT2D eigenvalue weighted by Gasteiger charge is -2.16. The number of aliphatic carboxylic acids is 1. The largest absolute Gasteiger partial charge is 0.497 e. The molecule has 0 saturated carbocycles. The van der Waals surface area contributed by atoms with Crippen molar-refractivity contribution in [2.45, 2.75) is 6.04 Å². The Morgan fingerprint density at radius 2 is 1.96 bits per heavy atom. The van der Waals surface area contributed by atoms with Crippen molar-refractivity contribution in [1.29, 1.82) is 0 Å². The summed E-state index contributed by atoms with van der Waals surface area (Å²) in [5.41, 5.74) is 1.36. The molecule has 3 aromatic rings. The van der Waals surface area contributed by atoms with Crippen molar-refractivity contribution < 1.29 is 14.6 Å². The molecule has 0 aliphatic carbocycles. The molecule has 2 aromatic carbocycles. The SMILES string of the molecule is COc1ccc2ncnc(NC(C(=O)O)c3ccccc3)c2c1. The van der Waals surface area contributed by atoms with Crippen LogP contribution in [0.3, 0.4) is 0 Å². The zero-order valence-corrected chi connectivity index (χ0v) is 12.4. The number of aromatic nitrogens is 2. The summed E-state index contributed by atoms with van der Waals surface area (Å²) in [4.78, 5) is 20.0. The van der Waals surface area contributed by atoms with Crippen molar-refractivity contribution in [3.8, 4) is 5.75 Å². The molecule has 0 aliphatic rings. The van der Waals surface area contributed by atoms with E-state index in [9.17, 15) is 9.90 Å². The van der Waals surface area contributed by atoms with Crippen LogP contribution in [0.15, 0.2) is 54.9 Å². The number of rotatable bonds is 5. The van der Waals surface area contributed by atoms with Crippen LogP contribution in [0.1, 0.15) is 11.6 Å². The fourth-order valence-electron chi connectivity index (χ4n) is 2.35. The van der Waals surface area contributed by atoms with Gasteiger partial charge in [0.2, 0.25) is 0 Å². The van der Waals surface area contributed by atoms with Crippen LogP contribution in [0.5, 0.6) is 5.75 Å². The van der Waals surface area contributed by atoms with E-state index in [4.69, 9.17) is 4.74 Å². The lowest BCUT2D eigenvalue weighted by atomic mass is 10.1. The summed E-state index contributed by atoms with van der Waals surface area (Å²) in [5, 5.41) is 13.2. The number of carbonyl (C=O) groups is 1. The van der Waals surface area contributed by atoms with E-state index in [0.29, 0.717) is 28.0 Å². The fourth-order valence-corrected chi connectivity index (χ4v) is 2.35. The van der Waals surface area contributed by atoms with Crippen molar-refractivity contribution >= 4 is 22.7 Å². The van der Waals surface area contributed by atoms with Gasteiger partial charge >= 0.3 is 5.97 Å². The summed E-state index contributed by atoms with van der Waals surface area (Å²) in [7, 11) is 1.57. The first-order chi connectivity index (χ1) is 11.2. The Kier molecular flexibility index (Phi) is 4.05. The molecule has 1 unspecified atom stereocenters. The number of carboxylic acids is 1. The number of carboxylic acid groups (broad SMARTS) is 1. The maximum Gasteiger partial charge on any atom is 0.330 e. The molecule has 23 heavy (non-hydrogen) atoms. The molecule has 0 spiro atoms. The second-order valence-corrected chi connectivity index (χ2v) is 4.93. The third-order valence-electron chi connectivity index (χ3n) is 3.50. The summed E-state index contributed by atoms with van der Waals surface area (Å²) in [6.07, 6.45) is 1.40. The smallest absolute Gasteiger partial charge is 0.330 e. The highest BCUT2D eigenvalue weighted by Gasteiger charge is 2.21. The number of hydrogen-bond acceptors (Lipinski definition) is 5. The zero-order valence-electron chi connectivity index (χ0n) is 12.4. The van der Waals surface area contributed by atoms with Gasteiger partial charge in [0.15, 0.2) is 6.04 Å². The number of nitrogens with zero attached hydrogens (tertiary/aromatic N) is 2. The first kappa shape index (κ1) is 14.8. The first-order valence-corrected chi connectivity index (χ1v) is 7.02. The molecule has 0 radical (unpaired) electrons. The van der Waals surface area contributed by atoms with Crippen LogP contribution in [0, 0.1) is 0 Å². The first-order valence-electron chi connectivity index (χ1n) is 7.02. The molecule has 2 N–H and O–H groups in total. The van der Waals surface area contributed by atoms with E-state index in [2.05, 4.69) is 15.3 Å². The molecule has 0 fully saturated rings. The van der Waals surface area contributed by atoms with E-state index in [1.165, 1.54) is 6.33 Å². The summed E-state index contributed by atoms with van der Waals surface area (Å²) in [5.74, 6) is 0.123. The Balaban J connectivity index is 2.03. The predicted octanol–water partition coefficient (Wildman–Crippen LogP) is 2.88. The molecular weight excluding hydrogens is 294 g/mol. The Morgan fingerprint density at radius 3 is 2.65 bits per heavy atom. The average Bonchev–Trinajstić information content (AvgIpc) is 2.59. The van der Waals surface area contributed by atoms with Gasteiger partial charge < -0.3 is 15.2 Å². The number of anilines is 1. The Hall–Kier alpha value is -3.15. The second-order valence-electron chi connectivity index (χ2n) is 4.93. The molecule has 0 aliphatic heterocycles. The number of nitrogens with one attached hydrogen (secondary N) is 1. The molecule has 0 saturated heterocycles. The van der Waals surface area contributed by atoms with Crippen LogP contribution in [0.25, 0.3) is 10.9 Å². The van der Waals surface area contributed by atoms with Crippen molar-refractivity contribution in [1.82, 2.24) is 9.97 Å². The predicted molar refractivity (Wildman–Crippen MR) is 86.5 cm³/mol. The minimum absolute atomic E-state index is 0.449. The topological polar surface area (TPSA) is 84.3 Å². The van der Waals surface area contributed by atoms with Crippen LogP contribution in [0.4, 0.5) is 5.82 Å². The normalized spacial score (nSPS) is 11.9. The maximum absolute atomic E-state index is 11.6. The minimum Gasteiger partial charge on any atom is -0.497 e. The molecule has 1 heterocycles. The molecular formula is C17H15N3O3. The number of hydrogen-bond donors (Lipinski definition) is 2. The van der Waals surface area contributed by atoms with Gasteiger partial charge in [0.05, 0.1) is 12.6 Å². The maximum atomic E-state index is 11.6. The van der Waals surface area contributed by atoms with Crippen molar-refractivity contribution in [2.24, 2.45) is 0 Å². The Labute approximate surface area is 132 Å². The molecule has 116 valence electrons. The minimum atomic E-state index is -0.981. The van der Waals surface area contributed by atoms with Crippen molar-refractivity contribution in [3.63, 3.8) is 0 Å². The van der Waals surface area contributed by atoms with E-state index < -0.39 is 12.0 Å². The van der Waals surface area contributed by atoms with Gasteiger partial charge in [0.25, 0.3) is 0 Å². The summed E-state index contributed by atoms with van der Waals surface area (Å²) in [6.45, 7) is 0. The van der Waals surface area contributed by atoms with Gasteiger partial charge in [-0.3, -0.25) is 0 Å². The van der Waals surface area contributed by atoms with Gasteiger partial charge in [-0.2, -0.15) is 0 Å². The monoisotopic (exact) mass is 309 g/mol. The molecule has 3 rings (SSSR count). The molecule has 1 atom stereocenters. The van der Waals surface area contributed by atoms with E-state index >= 15 is 0 Å². The fraction of sp³-hybridized carbons (Fsp3) is 0.118. The number of ether oxygens (including phenoxy) is 1. The Morgan fingerprint density at radius 1 is 1.17 bits per heavy atom. The van der Waals surface area contributed by atoms with Gasteiger partial charge in [-0.25, -0.2) is 14.8 Å². The molecule has 6 nitrogen and oxygen atoms in total. The van der Waals surface area contributed by atoms with Crippen LogP contribution >= 0.6 is 0 Å². The van der Waals surface area contributed by atoms with Crippen LogP contribution < -0.4 is 10.1 Å². The van der Waals surface area contributed by atoms with E-state index in [1.807, 2.05) is 6.07 Å². The highest BCUT2D eigenvalue weighted by molar-refractivity contribution is 5.92. The average molecular weight is 309 g/mol. The van der Waals surface area contributed by atoms with Crippen molar-refractivity contribution in [2.75, 3.05) is 12.4 Å². The van der Waals surface area contributed by atoms with Gasteiger partial charge in [0, 0.05) is 5.39 Å². The third kappa shape index (κ3) is 3.06. The highest BCUT2D eigenvalue weighted by atomic mass is 16.5. The van der Waals surface area contributed by atoms with Crippen LogP contribution in [0.2, 0.25) is 0 Å². The quantitative estimate of drug-likeness (QED) is 0.754. The number of benzene rings is 2. The highest BCUT2D eigenvalue weighted by Crippen LogP contribution is 2.27. The van der Waals surface area contributed by atoms with Crippen LogP contribution in [-0.2, 0) is 4.79 Å². The van der Waals surface area contributed by atoms with Crippen LogP contribution in [-0.4, -0.2) is 28.2 Å². The van der Waals surface area contributed by atoms with Gasteiger partial charge in [-0.05, 0) is 23.8 Å².